The maximum Gasteiger partial charge on any atom is 0.488 e. The minimum absolute atomic E-state index is 0.552. The van der Waals surface area contributed by atoms with Gasteiger partial charge in [0.05, 0.1) is 0 Å². The van der Waals surface area contributed by atoms with Crippen molar-refractivity contribution in [2.45, 2.75) is 6.42 Å². The Labute approximate surface area is 108 Å². The van der Waals surface area contributed by atoms with Gasteiger partial charge in [0.25, 0.3) is 0 Å². The van der Waals surface area contributed by atoms with Crippen LogP contribution >= 0.6 is 15.9 Å². The van der Waals surface area contributed by atoms with E-state index in [1.807, 2.05) is 18.2 Å². The Morgan fingerprint density at radius 2 is 1.59 bits per heavy atom. The van der Waals surface area contributed by atoms with Crippen LogP contribution in [0.2, 0.25) is 0 Å². The van der Waals surface area contributed by atoms with Crippen LogP contribution in [0.5, 0.6) is 0 Å². The van der Waals surface area contributed by atoms with Crippen molar-refractivity contribution >= 4 is 28.5 Å². The van der Waals surface area contributed by atoms with Crippen molar-refractivity contribution < 1.29 is 10.0 Å². The second kappa shape index (κ2) is 3.98. The molecule has 0 aliphatic heterocycles. The van der Waals surface area contributed by atoms with Crippen LogP contribution in [0.3, 0.4) is 0 Å². The lowest BCUT2D eigenvalue weighted by atomic mass is 9.79. The standard InChI is InChI=1S/C13H10BBrO2/c15-11-2-4-13-9(7-11)5-8-6-10(14(16)17)1-3-12(8)13/h1-4,6-7,16-17H,5H2. The summed E-state index contributed by atoms with van der Waals surface area (Å²) in [5.41, 5.74) is 5.41. The van der Waals surface area contributed by atoms with Gasteiger partial charge in [0.1, 0.15) is 0 Å². The van der Waals surface area contributed by atoms with E-state index in [9.17, 15) is 0 Å². The first-order valence-electron chi connectivity index (χ1n) is 5.43. The molecule has 0 fully saturated rings. The molecule has 0 unspecified atom stereocenters. The molecule has 2 N–H and O–H groups in total. The predicted molar refractivity (Wildman–Crippen MR) is 72.2 cm³/mol. The molecule has 0 saturated carbocycles. The summed E-state index contributed by atoms with van der Waals surface area (Å²) >= 11 is 3.47. The van der Waals surface area contributed by atoms with Crippen molar-refractivity contribution in [2.75, 3.05) is 0 Å². The zero-order valence-corrected chi connectivity index (χ0v) is 10.6. The van der Waals surface area contributed by atoms with Crippen molar-refractivity contribution in [3.63, 3.8) is 0 Å². The maximum absolute atomic E-state index is 9.16. The Balaban J connectivity index is 2.12. The predicted octanol–water partition coefficient (Wildman–Crippen LogP) is 1.70. The molecule has 3 rings (SSSR count). The summed E-state index contributed by atoms with van der Waals surface area (Å²) < 4.78 is 1.08. The highest BCUT2D eigenvalue weighted by atomic mass is 79.9. The Morgan fingerprint density at radius 3 is 2.29 bits per heavy atom. The lowest BCUT2D eigenvalue weighted by Crippen LogP contribution is -2.29. The molecule has 0 radical (unpaired) electrons. The third kappa shape index (κ3) is 1.82. The summed E-state index contributed by atoms with van der Waals surface area (Å²) in [4.78, 5) is 0. The molecule has 1 aliphatic rings. The average Bonchev–Trinajstić information content (AvgIpc) is 2.64. The first-order valence-corrected chi connectivity index (χ1v) is 6.22. The van der Waals surface area contributed by atoms with E-state index in [1.165, 1.54) is 16.7 Å². The molecule has 2 aromatic carbocycles. The van der Waals surface area contributed by atoms with E-state index in [0.717, 1.165) is 16.5 Å². The molecule has 2 aromatic rings. The normalized spacial score (nSPS) is 12.2. The molecule has 0 atom stereocenters. The summed E-state index contributed by atoms with van der Waals surface area (Å²) in [5, 5.41) is 18.3. The van der Waals surface area contributed by atoms with Crippen LogP contribution in [0.25, 0.3) is 11.1 Å². The van der Waals surface area contributed by atoms with Gasteiger partial charge < -0.3 is 10.0 Å². The molecule has 2 nitrogen and oxygen atoms in total. The van der Waals surface area contributed by atoms with Gasteiger partial charge in [-0.25, -0.2) is 0 Å². The van der Waals surface area contributed by atoms with Crippen molar-refractivity contribution in [3.8, 4) is 11.1 Å². The molecule has 0 saturated heterocycles. The molecule has 0 aromatic heterocycles. The summed E-state index contributed by atoms with van der Waals surface area (Å²) in [6.45, 7) is 0. The van der Waals surface area contributed by atoms with Crippen LogP contribution in [0.4, 0.5) is 0 Å². The van der Waals surface area contributed by atoms with Gasteiger partial charge >= 0.3 is 7.12 Å². The summed E-state index contributed by atoms with van der Waals surface area (Å²) in [6, 6.07) is 11.8. The summed E-state index contributed by atoms with van der Waals surface area (Å²) in [7, 11) is -1.39. The fourth-order valence-electron chi connectivity index (χ4n) is 2.36. The van der Waals surface area contributed by atoms with Gasteiger partial charge in [-0.15, -0.1) is 0 Å². The second-order valence-electron chi connectivity index (χ2n) is 4.27. The minimum Gasteiger partial charge on any atom is -0.423 e. The Hall–Kier alpha value is -1.10. The van der Waals surface area contributed by atoms with Crippen LogP contribution in [0.15, 0.2) is 40.9 Å². The molecule has 0 heterocycles. The molecule has 4 heteroatoms. The number of fused-ring (bicyclic) bond motifs is 3. The molecule has 0 bridgehead atoms. The number of halogens is 1. The monoisotopic (exact) mass is 288 g/mol. The van der Waals surface area contributed by atoms with Crippen molar-refractivity contribution in [2.24, 2.45) is 0 Å². The topological polar surface area (TPSA) is 40.5 Å². The molecule has 0 amide bonds. The van der Waals surface area contributed by atoms with Crippen molar-refractivity contribution in [1.82, 2.24) is 0 Å². The van der Waals surface area contributed by atoms with E-state index < -0.39 is 7.12 Å². The van der Waals surface area contributed by atoms with E-state index in [2.05, 4.69) is 28.1 Å². The molecule has 84 valence electrons. The fourth-order valence-corrected chi connectivity index (χ4v) is 2.77. The largest absolute Gasteiger partial charge is 0.488 e. The van der Waals surface area contributed by atoms with Gasteiger partial charge in [-0.05, 0) is 46.3 Å². The first kappa shape index (κ1) is 11.0. The molecular weight excluding hydrogens is 279 g/mol. The highest BCUT2D eigenvalue weighted by Gasteiger charge is 2.21. The smallest absolute Gasteiger partial charge is 0.423 e. The fraction of sp³-hybridized carbons (Fsp3) is 0.0769. The van der Waals surface area contributed by atoms with Crippen molar-refractivity contribution in [3.05, 3.63) is 52.0 Å². The van der Waals surface area contributed by atoms with E-state index >= 15 is 0 Å². The molecule has 17 heavy (non-hydrogen) atoms. The molecular formula is C13H10BBrO2. The lowest BCUT2D eigenvalue weighted by molar-refractivity contribution is 0.426. The van der Waals surface area contributed by atoms with Crippen LogP contribution in [0.1, 0.15) is 11.1 Å². The Morgan fingerprint density at radius 1 is 0.941 bits per heavy atom. The van der Waals surface area contributed by atoms with Gasteiger partial charge in [-0.3, -0.25) is 0 Å². The Bertz CT molecular complexity index is 596. The van der Waals surface area contributed by atoms with Gasteiger partial charge in [-0.2, -0.15) is 0 Å². The SMILES string of the molecule is OB(O)c1ccc2c(c1)Cc1cc(Br)ccc1-2. The minimum atomic E-state index is -1.39. The average molecular weight is 289 g/mol. The first-order chi connectivity index (χ1) is 8.15. The third-order valence-electron chi connectivity index (χ3n) is 3.17. The maximum atomic E-state index is 9.16. The zero-order chi connectivity index (χ0) is 12.0. The van der Waals surface area contributed by atoms with Gasteiger partial charge in [0.2, 0.25) is 0 Å². The van der Waals surface area contributed by atoms with Crippen molar-refractivity contribution in [1.29, 1.82) is 0 Å². The summed E-state index contributed by atoms with van der Waals surface area (Å²) in [6.07, 6.45) is 0.852. The number of benzene rings is 2. The van der Waals surface area contributed by atoms with Gasteiger partial charge in [0.15, 0.2) is 0 Å². The van der Waals surface area contributed by atoms with Gasteiger partial charge in [0, 0.05) is 4.47 Å². The van der Waals surface area contributed by atoms with E-state index in [1.54, 1.807) is 6.07 Å². The van der Waals surface area contributed by atoms with Crippen LogP contribution < -0.4 is 5.46 Å². The lowest BCUT2D eigenvalue weighted by Gasteiger charge is -2.04. The zero-order valence-electron chi connectivity index (χ0n) is 9.02. The van der Waals surface area contributed by atoms with Crippen LogP contribution in [-0.2, 0) is 6.42 Å². The van der Waals surface area contributed by atoms with E-state index in [-0.39, 0.29) is 0 Å². The second-order valence-corrected chi connectivity index (χ2v) is 5.18. The highest BCUT2D eigenvalue weighted by molar-refractivity contribution is 9.10. The quantitative estimate of drug-likeness (QED) is 0.669. The number of rotatable bonds is 1. The number of hydrogen-bond donors (Lipinski definition) is 2. The molecule has 0 spiro atoms. The van der Waals surface area contributed by atoms with Gasteiger partial charge in [-0.1, -0.05) is 40.2 Å². The van der Waals surface area contributed by atoms with E-state index in [0.29, 0.717) is 5.46 Å². The molecule has 1 aliphatic carbocycles. The summed E-state index contributed by atoms with van der Waals surface area (Å²) in [5.74, 6) is 0. The third-order valence-corrected chi connectivity index (χ3v) is 3.66. The van der Waals surface area contributed by atoms with Crippen LogP contribution in [-0.4, -0.2) is 17.2 Å². The highest BCUT2D eigenvalue weighted by Crippen LogP contribution is 2.37. The van der Waals surface area contributed by atoms with Crippen LogP contribution in [0, 0.1) is 0 Å². The number of hydrogen-bond acceptors (Lipinski definition) is 2. The van der Waals surface area contributed by atoms with E-state index in [4.69, 9.17) is 10.0 Å². The Kier molecular flexibility index (Phi) is 2.58.